The van der Waals surface area contributed by atoms with Crippen LogP contribution in [0.3, 0.4) is 0 Å². The van der Waals surface area contributed by atoms with Crippen LogP contribution in [0.2, 0.25) is 0 Å². The highest BCUT2D eigenvalue weighted by Gasteiger charge is 2.18. The zero-order valence-corrected chi connectivity index (χ0v) is 11.4. The number of hydrogen-bond acceptors (Lipinski definition) is 3. The number of nitrogen functional groups attached to an aromatic ring is 1. The summed E-state index contributed by atoms with van der Waals surface area (Å²) >= 11 is 0. The number of carbonyl (C=O) groups is 1. The van der Waals surface area contributed by atoms with Crippen molar-refractivity contribution >= 4 is 17.3 Å². The molecule has 1 amide bonds. The lowest BCUT2D eigenvalue weighted by molar-refractivity contribution is 0.0992. The second-order valence-corrected chi connectivity index (χ2v) is 4.51. The minimum atomic E-state index is -0.183. The predicted octanol–water partition coefficient (Wildman–Crippen LogP) is 2.73. The lowest BCUT2D eigenvalue weighted by Gasteiger charge is -2.20. The van der Waals surface area contributed by atoms with Crippen LogP contribution in [0.5, 0.6) is 0 Å². The van der Waals surface area contributed by atoms with Crippen molar-refractivity contribution in [3.05, 3.63) is 59.2 Å². The molecule has 0 aliphatic rings. The molecule has 2 aromatic rings. The van der Waals surface area contributed by atoms with Gasteiger partial charge in [0, 0.05) is 18.3 Å². The number of carbonyl (C=O) groups excluding carboxylic acids is 1. The maximum Gasteiger partial charge on any atom is 0.258 e. The molecule has 0 aliphatic heterocycles. The van der Waals surface area contributed by atoms with Crippen molar-refractivity contribution in [3.63, 3.8) is 0 Å². The number of nitrogens with two attached hydrogens (primary N) is 1. The Morgan fingerprint density at radius 3 is 2.60 bits per heavy atom. The predicted molar refractivity (Wildman–Crippen MR) is 79.5 cm³/mol. The molecular formula is C16H15N3O. The van der Waals surface area contributed by atoms with Crippen molar-refractivity contribution in [2.45, 2.75) is 6.92 Å². The third-order valence-corrected chi connectivity index (χ3v) is 3.30. The highest BCUT2D eigenvalue weighted by molar-refractivity contribution is 6.07. The number of anilines is 2. The van der Waals surface area contributed by atoms with E-state index in [1.807, 2.05) is 6.92 Å². The van der Waals surface area contributed by atoms with Gasteiger partial charge in [-0.3, -0.25) is 4.79 Å². The Bertz CT molecular complexity index is 701. The van der Waals surface area contributed by atoms with Crippen LogP contribution < -0.4 is 10.6 Å². The van der Waals surface area contributed by atoms with E-state index >= 15 is 0 Å². The summed E-state index contributed by atoms with van der Waals surface area (Å²) in [6.45, 7) is 1.81. The number of nitrogens with zero attached hydrogens (tertiary/aromatic N) is 2. The molecule has 100 valence electrons. The van der Waals surface area contributed by atoms with Gasteiger partial charge in [-0.05, 0) is 36.8 Å². The van der Waals surface area contributed by atoms with Gasteiger partial charge in [-0.15, -0.1) is 0 Å². The second-order valence-electron chi connectivity index (χ2n) is 4.51. The van der Waals surface area contributed by atoms with Crippen molar-refractivity contribution in [1.29, 1.82) is 5.26 Å². The summed E-state index contributed by atoms with van der Waals surface area (Å²) in [6.07, 6.45) is 0. The molecule has 0 fully saturated rings. The number of amides is 1. The SMILES string of the molecule is Cc1c(N)cccc1C(=O)N(C)c1ccccc1C#N. The van der Waals surface area contributed by atoms with Crippen LogP contribution in [-0.4, -0.2) is 13.0 Å². The fraction of sp³-hybridized carbons (Fsp3) is 0.125. The first-order valence-electron chi connectivity index (χ1n) is 6.18. The smallest absolute Gasteiger partial charge is 0.258 e. The van der Waals surface area contributed by atoms with Crippen LogP contribution in [-0.2, 0) is 0 Å². The van der Waals surface area contributed by atoms with Gasteiger partial charge in [0.05, 0.1) is 11.3 Å². The third kappa shape index (κ3) is 2.34. The Hall–Kier alpha value is -2.80. The van der Waals surface area contributed by atoms with Gasteiger partial charge < -0.3 is 10.6 Å². The first-order valence-corrected chi connectivity index (χ1v) is 6.18. The zero-order chi connectivity index (χ0) is 14.7. The van der Waals surface area contributed by atoms with Crippen LogP contribution in [0.4, 0.5) is 11.4 Å². The Morgan fingerprint density at radius 1 is 1.20 bits per heavy atom. The molecule has 0 spiro atoms. The fourth-order valence-electron chi connectivity index (χ4n) is 2.04. The standard InChI is InChI=1S/C16H15N3O/c1-11-13(7-5-8-14(11)18)16(20)19(2)15-9-4-3-6-12(15)10-17/h3-9H,18H2,1-2H3. The van der Waals surface area contributed by atoms with Crippen LogP contribution >= 0.6 is 0 Å². The van der Waals surface area contributed by atoms with E-state index in [0.29, 0.717) is 22.5 Å². The molecule has 0 saturated heterocycles. The maximum atomic E-state index is 12.5. The van der Waals surface area contributed by atoms with E-state index in [1.54, 1.807) is 49.5 Å². The summed E-state index contributed by atoms with van der Waals surface area (Å²) in [5.41, 5.74) is 8.75. The van der Waals surface area contributed by atoms with E-state index in [4.69, 9.17) is 11.0 Å². The average Bonchev–Trinajstić information content (AvgIpc) is 2.48. The fourth-order valence-corrected chi connectivity index (χ4v) is 2.04. The molecule has 4 heteroatoms. The van der Waals surface area contributed by atoms with Crippen LogP contribution in [0, 0.1) is 18.3 Å². The highest BCUT2D eigenvalue weighted by Crippen LogP contribution is 2.23. The van der Waals surface area contributed by atoms with E-state index < -0.39 is 0 Å². The topological polar surface area (TPSA) is 70.1 Å². The Kier molecular flexibility index (Phi) is 3.72. The highest BCUT2D eigenvalue weighted by atomic mass is 16.2. The summed E-state index contributed by atoms with van der Waals surface area (Å²) in [4.78, 5) is 14.0. The zero-order valence-electron chi connectivity index (χ0n) is 11.4. The molecule has 0 aromatic heterocycles. The minimum absolute atomic E-state index is 0.183. The number of rotatable bonds is 2. The van der Waals surface area contributed by atoms with Gasteiger partial charge in [0.2, 0.25) is 0 Å². The lowest BCUT2D eigenvalue weighted by atomic mass is 10.1. The summed E-state index contributed by atoms with van der Waals surface area (Å²) in [6, 6.07) is 14.3. The van der Waals surface area contributed by atoms with Crippen LogP contribution in [0.1, 0.15) is 21.5 Å². The molecule has 2 aromatic carbocycles. The largest absolute Gasteiger partial charge is 0.398 e. The number of benzene rings is 2. The molecule has 20 heavy (non-hydrogen) atoms. The van der Waals surface area contributed by atoms with Crippen LogP contribution in [0.15, 0.2) is 42.5 Å². The summed E-state index contributed by atoms with van der Waals surface area (Å²) in [5, 5.41) is 9.11. The van der Waals surface area contributed by atoms with Crippen molar-refractivity contribution in [1.82, 2.24) is 0 Å². The average molecular weight is 265 g/mol. The second kappa shape index (κ2) is 5.45. The van der Waals surface area contributed by atoms with E-state index in [1.165, 1.54) is 4.90 Å². The Morgan fingerprint density at radius 2 is 1.90 bits per heavy atom. The first-order chi connectivity index (χ1) is 9.56. The van der Waals surface area contributed by atoms with Crippen molar-refractivity contribution in [2.75, 3.05) is 17.7 Å². The molecule has 2 N–H and O–H groups in total. The van der Waals surface area contributed by atoms with Crippen molar-refractivity contribution < 1.29 is 4.79 Å². The van der Waals surface area contributed by atoms with Gasteiger partial charge in [-0.1, -0.05) is 18.2 Å². The normalized spacial score (nSPS) is 9.85. The molecule has 0 saturated carbocycles. The van der Waals surface area contributed by atoms with Crippen molar-refractivity contribution in [3.8, 4) is 6.07 Å². The monoisotopic (exact) mass is 265 g/mol. The van der Waals surface area contributed by atoms with Crippen LogP contribution in [0.25, 0.3) is 0 Å². The van der Waals surface area contributed by atoms with E-state index in [9.17, 15) is 4.79 Å². The molecule has 0 unspecified atom stereocenters. The molecule has 0 radical (unpaired) electrons. The minimum Gasteiger partial charge on any atom is -0.398 e. The molecule has 0 bridgehead atoms. The maximum absolute atomic E-state index is 12.5. The molecule has 2 rings (SSSR count). The summed E-state index contributed by atoms with van der Waals surface area (Å²) in [7, 11) is 1.65. The third-order valence-electron chi connectivity index (χ3n) is 3.30. The molecule has 0 atom stereocenters. The van der Waals surface area contributed by atoms with Gasteiger partial charge in [0.1, 0.15) is 6.07 Å². The van der Waals surface area contributed by atoms with Crippen molar-refractivity contribution in [2.24, 2.45) is 0 Å². The molecular weight excluding hydrogens is 250 g/mol. The molecule has 0 heterocycles. The molecule has 0 aliphatic carbocycles. The van der Waals surface area contributed by atoms with Gasteiger partial charge in [0.25, 0.3) is 5.91 Å². The number of hydrogen-bond donors (Lipinski definition) is 1. The Labute approximate surface area is 118 Å². The Balaban J connectivity index is 2.44. The number of nitriles is 1. The number of para-hydroxylation sites is 1. The van der Waals surface area contributed by atoms with Gasteiger partial charge in [0.15, 0.2) is 0 Å². The van der Waals surface area contributed by atoms with Gasteiger partial charge in [-0.25, -0.2) is 0 Å². The van der Waals surface area contributed by atoms with E-state index in [0.717, 1.165) is 5.56 Å². The van der Waals surface area contributed by atoms with E-state index in [2.05, 4.69) is 6.07 Å². The van der Waals surface area contributed by atoms with E-state index in [-0.39, 0.29) is 5.91 Å². The summed E-state index contributed by atoms with van der Waals surface area (Å²) in [5.74, 6) is -0.183. The quantitative estimate of drug-likeness (QED) is 0.849. The summed E-state index contributed by atoms with van der Waals surface area (Å²) < 4.78 is 0. The lowest BCUT2D eigenvalue weighted by Crippen LogP contribution is -2.27. The van der Waals surface area contributed by atoms with Gasteiger partial charge in [-0.2, -0.15) is 5.26 Å². The first kappa shape index (κ1) is 13.6. The molecule has 4 nitrogen and oxygen atoms in total. The van der Waals surface area contributed by atoms with Gasteiger partial charge >= 0.3 is 0 Å².